The molecule has 0 aliphatic carbocycles. The summed E-state index contributed by atoms with van der Waals surface area (Å²) in [4.78, 5) is 54.2. The standard InChI is InChI=1S/C22H43N7O5S/c1-6-13(4)17(20(32)28-15(21(33)34)9-11-35-5)29-18(30)14(8-7-10-26-22(24)25)27-19(31)16(23)12(2)3/h12-17H,6-11,23H2,1-5H3,(H,27,31)(H,28,32)(H,29,30)(H,33,34)(H4,24,25,26). The number of carboxylic acids is 1. The number of guanidine groups is 1. The number of rotatable bonds is 17. The summed E-state index contributed by atoms with van der Waals surface area (Å²) >= 11 is 1.47. The lowest BCUT2D eigenvalue weighted by atomic mass is 9.96. The van der Waals surface area contributed by atoms with Crippen LogP contribution in [-0.2, 0) is 19.2 Å². The minimum atomic E-state index is -1.14. The van der Waals surface area contributed by atoms with Gasteiger partial charge in [-0.25, -0.2) is 4.79 Å². The van der Waals surface area contributed by atoms with Gasteiger partial charge in [0.15, 0.2) is 5.96 Å². The molecule has 0 saturated heterocycles. The van der Waals surface area contributed by atoms with Gasteiger partial charge in [0, 0.05) is 6.54 Å². The van der Waals surface area contributed by atoms with Crippen molar-refractivity contribution in [2.24, 2.45) is 34.0 Å². The molecule has 0 aliphatic rings. The second-order valence-corrected chi connectivity index (χ2v) is 9.82. The summed E-state index contributed by atoms with van der Waals surface area (Å²) in [7, 11) is 0. The highest BCUT2D eigenvalue weighted by Crippen LogP contribution is 2.11. The minimum absolute atomic E-state index is 0.0835. The quantitative estimate of drug-likeness (QED) is 0.0740. The summed E-state index contributed by atoms with van der Waals surface area (Å²) < 4.78 is 0. The summed E-state index contributed by atoms with van der Waals surface area (Å²) in [5.74, 6) is -2.76. The Bertz CT molecular complexity index is 731. The normalized spacial score (nSPS) is 15.3. The number of hydrogen-bond donors (Lipinski definition) is 7. The van der Waals surface area contributed by atoms with Gasteiger partial charge in [-0.1, -0.05) is 34.1 Å². The first-order valence-electron chi connectivity index (χ1n) is 11.8. The first kappa shape index (κ1) is 32.5. The van der Waals surface area contributed by atoms with E-state index in [1.54, 1.807) is 20.8 Å². The second kappa shape index (κ2) is 17.0. The van der Waals surface area contributed by atoms with Crippen molar-refractivity contribution in [3.63, 3.8) is 0 Å². The maximum absolute atomic E-state index is 13.2. The number of thioether (sulfide) groups is 1. The largest absolute Gasteiger partial charge is 0.480 e. The van der Waals surface area contributed by atoms with Crippen molar-refractivity contribution >= 4 is 41.4 Å². The Hall–Kier alpha value is -2.54. The van der Waals surface area contributed by atoms with Crippen molar-refractivity contribution < 1.29 is 24.3 Å². The van der Waals surface area contributed by atoms with E-state index in [4.69, 9.17) is 17.2 Å². The Balaban J connectivity index is 5.62. The summed E-state index contributed by atoms with van der Waals surface area (Å²) in [6.07, 6.45) is 3.25. The van der Waals surface area contributed by atoms with Crippen LogP contribution in [-0.4, -0.2) is 77.5 Å². The van der Waals surface area contributed by atoms with Crippen LogP contribution in [0.2, 0.25) is 0 Å². The van der Waals surface area contributed by atoms with Crippen LogP contribution in [0.4, 0.5) is 0 Å². The highest BCUT2D eigenvalue weighted by molar-refractivity contribution is 7.98. The van der Waals surface area contributed by atoms with Crippen LogP contribution in [0.15, 0.2) is 4.99 Å². The number of amides is 3. The molecule has 0 aromatic rings. The molecular weight excluding hydrogens is 474 g/mol. The summed E-state index contributed by atoms with van der Waals surface area (Å²) in [5, 5.41) is 17.3. The van der Waals surface area contributed by atoms with Gasteiger partial charge < -0.3 is 38.3 Å². The number of hydrogen-bond acceptors (Lipinski definition) is 7. The van der Waals surface area contributed by atoms with Crippen LogP contribution in [0.5, 0.6) is 0 Å². The molecule has 3 amide bonds. The maximum Gasteiger partial charge on any atom is 0.326 e. The topological polar surface area (TPSA) is 215 Å². The lowest BCUT2D eigenvalue weighted by Gasteiger charge is -2.28. The van der Waals surface area contributed by atoms with Gasteiger partial charge in [-0.2, -0.15) is 11.8 Å². The Labute approximate surface area is 212 Å². The molecule has 0 heterocycles. The summed E-state index contributed by atoms with van der Waals surface area (Å²) in [6.45, 7) is 7.47. The lowest BCUT2D eigenvalue weighted by Crippen LogP contribution is -2.59. The molecule has 0 aromatic carbocycles. The van der Waals surface area contributed by atoms with Crippen LogP contribution in [0.3, 0.4) is 0 Å². The average Bonchev–Trinajstić information content (AvgIpc) is 2.79. The van der Waals surface area contributed by atoms with Crippen molar-refractivity contribution in [1.82, 2.24) is 16.0 Å². The molecule has 5 unspecified atom stereocenters. The minimum Gasteiger partial charge on any atom is -0.480 e. The zero-order chi connectivity index (χ0) is 27.1. The molecule has 0 spiro atoms. The van der Waals surface area contributed by atoms with Gasteiger partial charge in [-0.3, -0.25) is 19.4 Å². The van der Waals surface area contributed by atoms with Crippen LogP contribution in [0.25, 0.3) is 0 Å². The second-order valence-electron chi connectivity index (χ2n) is 8.83. The molecule has 202 valence electrons. The number of nitrogens with two attached hydrogens (primary N) is 3. The third kappa shape index (κ3) is 12.6. The van der Waals surface area contributed by atoms with Crippen LogP contribution in [0, 0.1) is 11.8 Å². The first-order chi connectivity index (χ1) is 16.3. The molecule has 0 saturated carbocycles. The van der Waals surface area contributed by atoms with E-state index < -0.39 is 47.9 Å². The zero-order valence-corrected chi connectivity index (χ0v) is 22.2. The van der Waals surface area contributed by atoms with Gasteiger partial charge in [0.2, 0.25) is 17.7 Å². The smallest absolute Gasteiger partial charge is 0.326 e. The van der Waals surface area contributed by atoms with Gasteiger partial charge in [-0.05, 0) is 43.1 Å². The Morgan fingerprint density at radius 2 is 1.54 bits per heavy atom. The highest BCUT2D eigenvalue weighted by atomic mass is 32.2. The van der Waals surface area contributed by atoms with Crippen molar-refractivity contribution in [3.05, 3.63) is 0 Å². The molecule has 0 radical (unpaired) electrons. The third-order valence-electron chi connectivity index (χ3n) is 5.62. The molecule has 5 atom stereocenters. The average molecular weight is 518 g/mol. The maximum atomic E-state index is 13.2. The van der Waals surface area contributed by atoms with Crippen molar-refractivity contribution in [3.8, 4) is 0 Å². The van der Waals surface area contributed by atoms with E-state index in [1.807, 2.05) is 13.2 Å². The number of aliphatic carboxylic acids is 1. The highest BCUT2D eigenvalue weighted by Gasteiger charge is 2.32. The molecule has 13 heteroatoms. The third-order valence-corrected chi connectivity index (χ3v) is 6.26. The van der Waals surface area contributed by atoms with Crippen LogP contribution >= 0.6 is 11.8 Å². The predicted molar refractivity (Wildman–Crippen MR) is 139 cm³/mol. The fourth-order valence-electron chi connectivity index (χ4n) is 3.05. The number of carboxylic acid groups (broad SMARTS) is 1. The molecule has 0 fully saturated rings. The Morgan fingerprint density at radius 3 is 2.03 bits per heavy atom. The SMILES string of the molecule is CCC(C)C(NC(=O)C(CCCN=C(N)N)NC(=O)C(N)C(C)C)C(=O)NC(CCSC)C(=O)O. The molecule has 0 rings (SSSR count). The van der Waals surface area contributed by atoms with E-state index in [-0.39, 0.29) is 37.2 Å². The van der Waals surface area contributed by atoms with Crippen molar-refractivity contribution in [2.75, 3.05) is 18.6 Å². The van der Waals surface area contributed by atoms with Crippen molar-refractivity contribution in [2.45, 2.75) is 77.5 Å². The zero-order valence-electron chi connectivity index (χ0n) is 21.4. The Kier molecular flexibility index (Phi) is 15.7. The molecule has 0 aromatic heterocycles. The van der Waals surface area contributed by atoms with Crippen molar-refractivity contribution in [1.29, 1.82) is 0 Å². The Morgan fingerprint density at radius 1 is 0.943 bits per heavy atom. The van der Waals surface area contributed by atoms with Gasteiger partial charge in [0.25, 0.3) is 0 Å². The van der Waals surface area contributed by atoms with Gasteiger partial charge in [0.1, 0.15) is 18.1 Å². The van der Waals surface area contributed by atoms with E-state index in [0.717, 1.165) is 0 Å². The summed E-state index contributed by atoms with van der Waals surface area (Å²) in [6, 6.07) is -3.85. The van der Waals surface area contributed by atoms with Gasteiger partial charge >= 0.3 is 5.97 Å². The molecule has 0 aliphatic heterocycles. The fraction of sp³-hybridized carbons (Fsp3) is 0.773. The molecule has 12 nitrogen and oxygen atoms in total. The number of aliphatic imine (C=N–C) groups is 1. The first-order valence-corrected chi connectivity index (χ1v) is 13.2. The molecule has 10 N–H and O–H groups in total. The number of nitrogens with zero attached hydrogens (tertiary/aromatic N) is 1. The van der Waals surface area contributed by atoms with E-state index in [2.05, 4.69) is 20.9 Å². The van der Waals surface area contributed by atoms with E-state index in [9.17, 15) is 24.3 Å². The van der Waals surface area contributed by atoms with Gasteiger partial charge in [-0.15, -0.1) is 0 Å². The number of carbonyl (C=O) groups excluding carboxylic acids is 3. The monoisotopic (exact) mass is 517 g/mol. The fourth-order valence-corrected chi connectivity index (χ4v) is 3.52. The predicted octanol–water partition coefficient (Wildman–Crippen LogP) is -0.638. The van der Waals surface area contributed by atoms with Crippen LogP contribution in [0.1, 0.15) is 53.4 Å². The number of nitrogens with one attached hydrogen (secondary N) is 3. The van der Waals surface area contributed by atoms with E-state index >= 15 is 0 Å². The molecule has 35 heavy (non-hydrogen) atoms. The van der Waals surface area contributed by atoms with Crippen LogP contribution < -0.4 is 33.2 Å². The van der Waals surface area contributed by atoms with Gasteiger partial charge in [0.05, 0.1) is 6.04 Å². The molecular formula is C22H43N7O5S. The van der Waals surface area contributed by atoms with E-state index in [1.165, 1.54) is 11.8 Å². The molecule has 0 bridgehead atoms. The number of carbonyl (C=O) groups is 4. The lowest BCUT2D eigenvalue weighted by molar-refractivity contribution is -0.142. The van der Waals surface area contributed by atoms with E-state index in [0.29, 0.717) is 18.6 Å². The summed E-state index contributed by atoms with van der Waals surface area (Å²) in [5.41, 5.74) is 16.6.